The average molecular weight is 360 g/mol. The molecule has 7 nitrogen and oxygen atoms in total. The predicted octanol–water partition coefficient (Wildman–Crippen LogP) is 2.26. The van der Waals surface area contributed by atoms with E-state index >= 15 is 0 Å². The third-order valence-corrected chi connectivity index (χ3v) is 4.93. The Bertz CT molecular complexity index is 756. The highest BCUT2D eigenvalue weighted by atomic mass is 32.1. The number of benzene rings is 1. The molecular weight excluding hydrogens is 340 g/mol. The van der Waals surface area contributed by atoms with Gasteiger partial charge in [-0.2, -0.15) is 0 Å². The number of nitrogens with one attached hydrogen (secondary N) is 2. The van der Waals surface area contributed by atoms with Crippen molar-refractivity contribution in [2.24, 2.45) is 0 Å². The van der Waals surface area contributed by atoms with Gasteiger partial charge in [-0.25, -0.2) is 0 Å². The van der Waals surface area contributed by atoms with Crippen molar-refractivity contribution in [1.82, 2.24) is 15.5 Å². The van der Waals surface area contributed by atoms with Crippen molar-refractivity contribution in [1.29, 1.82) is 0 Å². The first-order valence-corrected chi connectivity index (χ1v) is 9.11. The van der Waals surface area contributed by atoms with Gasteiger partial charge in [0.1, 0.15) is 5.01 Å². The number of aromatic nitrogens is 2. The van der Waals surface area contributed by atoms with E-state index in [2.05, 4.69) is 20.8 Å². The average Bonchev–Trinajstić information content (AvgIpc) is 3.31. The van der Waals surface area contributed by atoms with Crippen LogP contribution in [0.25, 0.3) is 0 Å². The summed E-state index contributed by atoms with van der Waals surface area (Å²) in [5.41, 5.74) is 1.03. The molecular formula is C17H20N4O3S. The van der Waals surface area contributed by atoms with Crippen LogP contribution in [-0.4, -0.2) is 41.3 Å². The molecule has 1 atom stereocenters. The fourth-order valence-corrected chi connectivity index (χ4v) is 3.20. The van der Waals surface area contributed by atoms with E-state index < -0.39 is 0 Å². The fraction of sp³-hybridized carbons (Fsp3) is 0.412. The standard InChI is InChI=1S/C17H20N4O3S/c1-2-14-20-21-17(25-14)16(23)19-12-6-3-5-11(9-12)15(22)18-10-13-7-4-8-24-13/h3,5-6,9,13H,2,4,7-8,10H2,1H3,(H,18,22)(H,19,23). The molecule has 0 spiro atoms. The number of hydrogen-bond donors (Lipinski definition) is 2. The molecule has 0 saturated carbocycles. The zero-order valence-corrected chi connectivity index (χ0v) is 14.8. The molecule has 25 heavy (non-hydrogen) atoms. The summed E-state index contributed by atoms with van der Waals surface area (Å²) in [7, 11) is 0. The Morgan fingerprint density at radius 2 is 2.20 bits per heavy atom. The molecule has 0 aliphatic carbocycles. The number of amides is 2. The van der Waals surface area contributed by atoms with Gasteiger partial charge < -0.3 is 15.4 Å². The van der Waals surface area contributed by atoms with E-state index in [0.29, 0.717) is 22.8 Å². The summed E-state index contributed by atoms with van der Waals surface area (Å²) in [5, 5.41) is 14.6. The first-order chi connectivity index (χ1) is 12.2. The largest absolute Gasteiger partial charge is 0.376 e. The molecule has 1 aliphatic rings. The van der Waals surface area contributed by atoms with Crippen LogP contribution in [0.1, 0.15) is 44.9 Å². The van der Waals surface area contributed by atoms with Crippen LogP contribution >= 0.6 is 11.3 Å². The zero-order valence-electron chi connectivity index (χ0n) is 13.9. The predicted molar refractivity (Wildman–Crippen MR) is 95.0 cm³/mol. The summed E-state index contributed by atoms with van der Waals surface area (Å²) in [6.07, 6.45) is 2.84. The molecule has 2 amide bonds. The van der Waals surface area contributed by atoms with Crippen molar-refractivity contribution >= 4 is 28.8 Å². The molecule has 2 N–H and O–H groups in total. The second-order valence-corrected chi connectivity index (χ2v) is 6.80. The van der Waals surface area contributed by atoms with Gasteiger partial charge >= 0.3 is 0 Å². The molecule has 2 aromatic rings. The van der Waals surface area contributed by atoms with Crippen molar-refractivity contribution in [2.45, 2.75) is 32.3 Å². The maximum atomic E-state index is 12.3. The minimum Gasteiger partial charge on any atom is -0.376 e. The van der Waals surface area contributed by atoms with Crippen LogP contribution in [0, 0.1) is 0 Å². The Kier molecular flexibility index (Phi) is 5.72. The lowest BCUT2D eigenvalue weighted by molar-refractivity contribution is 0.0857. The molecule has 8 heteroatoms. The van der Waals surface area contributed by atoms with Crippen molar-refractivity contribution in [3.63, 3.8) is 0 Å². The highest BCUT2D eigenvalue weighted by molar-refractivity contribution is 7.13. The number of carbonyl (C=O) groups excluding carboxylic acids is 2. The lowest BCUT2D eigenvalue weighted by Crippen LogP contribution is -2.31. The van der Waals surface area contributed by atoms with E-state index in [1.165, 1.54) is 11.3 Å². The molecule has 132 valence electrons. The minimum absolute atomic E-state index is 0.0944. The number of ether oxygens (including phenoxy) is 1. The Labute approximate surface area is 149 Å². The van der Waals surface area contributed by atoms with Crippen LogP contribution in [-0.2, 0) is 11.2 Å². The smallest absolute Gasteiger partial charge is 0.286 e. The minimum atomic E-state index is -0.325. The number of carbonyl (C=O) groups is 2. The Morgan fingerprint density at radius 3 is 2.92 bits per heavy atom. The normalized spacial score (nSPS) is 16.6. The molecule has 1 aliphatic heterocycles. The molecule has 3 rings (SSSR count). The quantitative estimate of drug-likeness (QED) is 0.824. The summed E-state index contributed by atoms with van der Waals surface area (Å²) >= 11 is 1.27. The third-order valence-electron chi connectivity index (χ3n) is 3.86. The Hall–Kier alpha value is -2.32. The first-order valence-electron chi connectivity index (χ1n) is 8.29. The molecule has 1 unspecified atom stereocenters. The van der Waals surface area contributed by atoms with Gasteiger partial charge in [0.2, 0.25) is 5.01 Å². The van der Waals surface area contributed by atoms with Crippen molar-refractivity contribution in [3.8, 4) is 0 Å². The van der Waals surface area contributed by atoms with E-state index in [0.717, 1.165) is 30.9 Å². The number of nitrogens with zero attached hydrogens (tertiary/aromatic N) is 2. The van der Waals surface area contributed by atoms with E-state index in [1.54, 1.807) is 24.3 Å². The van der Waals surface area contributed by atoms with E-state index in [-0.39, 0.29) is 17.9 Å². The lowest BCUT2D eigenvalue weighted by Gasteiger charge is -2.11. The van der Waals surface area contributed by atoms with Crippen LogP contribution in [0.3, 0.4) is 0 Å². The van der Waals surface area contributed by atoms with Gasteiger partial charge in [0.25, 0.3) is 11.8 Å². The summed E-state index contributed by atoms with van der Waals surface area (Å²) in [6.45, 7) is 3.22. The molecule has 0 bridgehead atoms. The van der Waals surface area contributed by atoms with Crippen LogP contribution in [0.5, 0.6) is 0 Å². The van der Waals surface area contributed by atoms with Crippen LogP contribution in [0.2, 0.25) is 0 Å². The number of rotatable bonds is 6. The van der Waals surface area contributed by atoms with E-state index in [1.807, 2.05) is 6.92 Å². The molecule has 1 aromatic heterocycles. The van der Waals surface area contributed by atoms with Gasteiger partial charge in [0, 0.05) is 24.4 Å². The second kappa shape index (κ2) is 8.17. The third kappa shape index (κ3) is 4.61. The number of hydrogen-bond acceptors (Lipinski definition) is 6. The van der Waals surface area contributed by atoms with Gasteiger partial charge in [-0.15, -0.1) is 10.2 Å². The second-order valence-electron chi connectivity index (χ2n) is 5.73. The molecule has 1 fully saturated rings. The zero-order chi connectivity index (χ0) is 17.6. The van der Waals surface area contributed by atoms with Gasteiger partial charge in [0.05, 0.1) is 6.10 Å². The Balaban J connectivity index is 1.60. The molecule has 1 saturated heterocycles. The van der Waals surface area contributed by atoms with Crippen LogP contribution < -0.4 is 10.6 Å². The van der Waals surface area contributed by atoms with Crippen molar-refractivity contribution in [2.75, 3.05) is 18.5 Å². The summed E-state index contributed by atoms with van der Waals surface area (Å²) in [6, 6.07) is 6.82. The van der Waals surface area contributed by atoms with E-state index in [4.69, 9.17) is 4.74 Å². The van der Waals surface area contributed by atoms with E-state index in [9.17, 15) is 9.59 Å². The lowest BCUT2D eigenvalue weighted by atomic mass is 10.1. The van der Waals surface area contributed by atoms with Crippen molar-refractivity contribution in [3.05, 3.63) is 39.8 Å². The topological polar surface area (TPSA) is 93.2 Å². The van der Waals surface area contributed by atoms with Gasteiger partial charge in [-0.1, -0.05) is 24.3 Å². The molecule has 2 heterocycles. The highest BCUT2D eigenvalue weighted by Gasteiger charge is 2.17. The summed E-state index contributed by atoms with van der Waals surface area (Å²) in [4.78, 5) is 24.5. The first kappa shape index (κ1) is 17.5. The molecule has 1 aromatic carbocycles. The van der Waals surface area contributed by atoms with Crippen molar-refractivity contribution < 1.29 is 14.3 Å². The number of anilines is 1. The highest BCUT2D eigenvalue weighted by Crippen LogP contribution is 2.16. The maximum absolute atomic E-state index is 12.3. The summed E-state index contributed by atoms with van der Waals surface area (Å²) in [5.74, 6) is -0.509. The van der Waals surface area contributed by atoms with Gasteiger partial charge in [-0.3, -0.25) is 9.59 Å². The fourth-order valence-electron chi connectivity index (χ4n) is 2.52. The van der Waals surface area contributed by atoms with Crippen LogP contribution in [0.4, 0.5) is 5.69 Å². The number of aryl methyl sites for hydroxylation is 1. The maximum Gasteiger partial charge on any atom is 0.286 e. The SMILES string of the molecule is CCc1nnc(C(=O)Nc2cccc(C(=O)NCC3CCCO3)c2)s1. The van der Waals surface area contributed by atoms with Gasteiger partial charge in [-0.05, 0) is 37.5 Å². The Morgan fingerprint density at radius 1 is 1.32 bits per heavy atom. The van der Waals surface area contributed by atoms with Gasteiger partial charge in [0.15, 0.2) is 0 Å². The monoisotopic (exact) mass is 360 g/mol. The molecule has 0 radical (unpaired) electrons. The van der Waals surface area contributed by atoms with Crippen LogP contribution in [0.15, 0.2) is 24.3 Å². The summed E-state index contributed by atoms with van der Waals surface area (Å²) < 4.78 is 5.49.